The fourth-order valence-corrected chi connectivity index (χ4v) is 1.82. The van der Waals surface area contributed by atoms with Crippen LogP contribution in [0.25, 0.3) is 0 Å². The lowest BCUT2D eigenvalue weighted by Gasteiger charge is -2.04. The largest absolute Gasteiger partial charge is 0.480 e. The zero-order valence-corrected chi connectivity index (χ0v) is 8.27. The van der Waals surface area contributed by atoms with E-state index in [0.717, 1.165) is 0 Å². The molecule has 0 spiro atoms. The molecule has 0 heterocycles. The number of carboxylic acids is 1. The molecule has 1 saturated carbocycles. The van der Waals surface area contributed by atoms with E-state index in [4.69, 9.17) is 15.6 Å². The van der Waals surface area contributed by atoms with Crippen molar-refractivity contribution < 1.29 is 19.4 Å². The third kappa shape index (κ3) is 1.87. The molecule has 80 valence electrons. The Morgan fingerprint density at radius 2 is 2.14 bits per heavy atom. The summed E-state index contributed by atoms with van der Waals surface area (Å²) in [5, 5.41) is 8.66. The Kier molecular flexibility index (Phi) is 3.10. The fraction of sp³-hybridized carbons (Fsp3) is 0.778. The number of carboxylic acid groups (broad SMARTS) is 1. The Balaban J connectivity index is 2.53. The monoisotopic (exact) mass is 201 g/mol. The van der Waals surface area contributed by atoms with Gasteiger partial charge in [0.05, 0.1) is 12.5 Å². The summed E-state index contributed by atoms with van der Waals surface area (Å²) in [6.45, 7) is 3.85. The fourth-order valence-electron chi connectivity index (χ4n) is 1.82. The smallest absolute Gasteiger partial charge is 0.320 e. The van der Waals surface area contributed by atoms with Crippen LogP contribution in [-0.4, -0.2) is 29.7 Å². The van der Waals surface area contributed by atoms with Crippen molar-refractivity contribution in [3.05, 3.63) is 0 Å². The molecule has 0 aromatic carbocycles. The van der Waals surface area contributed by atoms with Gasteiger partial charge in [0.25, 0.3) is 0 Å². The van der Waals surface area contributed by atoms with Gasteiger partial charge >= 0.3 is 11.9 Å². The molecule has 0 saturated heterocycles. The molecule has 1 aliphatic rings. The summed E-state index contributed by atoms with van der Waals surface area (Å²) in [6, 6.07) is -0.959. The molecule has 0 aromatic heterocycles. The van der Waals surface area contributed by atoms with Gasteiger partial charge in [-0.2, -0.15) is 0 Å². The van der Waals surface area contributed by atoms with Gasteiger partial charge in [-0.25, -0.2) is 0 Å². The maximum Gasteiger partial charge on any atom is 0.320 e. The van der Waals surface area contributed by atoms with E-state index in [1.165, 1.54) is 0 Å². The van der Waals surface area contributed by atoms with Crippen LogP contribution in [-0.2, 0) is 14.3 Å². The quantitative estimate of drug-likeness (QED) is 0.617. The number of carbonyl (C=O) groups excluding carboxylic acids is 1. The Morgan fingerprint density at radius 1 is 1.57 bits per heavy atom. The maximum absolute atomic E-state index is 11.3. The van der Waals surface area contributed by atoms with E-state index < -0.39 is 12.0 Å². The van der Waals surface area contributed by atoms with Gasteiger partial charge in [0.15, 0.2) is 0 Å². The minimum atomic E-state index is -1.06. The summed E-state index contributed by atoms with van der Waals surface area (Å²) in [5.74, 6) is -1.98. The van der Waals surface area contributed by atoms with Crippen molar-refractivity contribution in [3.8, 4) is 0 Å². The van der Waals surface area contributed by atoms with Crippen LogP contribution in [0.2, 0.25) is 0 Å². The van der Waals surface area contributed by atoms with Gasteiger partial charge in [0.1, 0.15) is 6.04 Å². The lowest BCUT2D eigenvalue weighted by molar-refractivity contribution is -0.145. The first kappa shape index (κ1) is 11.0. The van der Waals surface area contributed by atoms with Crippen molar-refractivity contribution >= 4 is 11.9 Å². The van der Waals surface area contributed by atoms with Crippen LogP contribution in [0.3, 0.4) is 0 Å². The predicted molar refractivity (Wildman–Crippen MR) is 48.4 cm³/mol. The maximum atomic E-state index is 11.3. The van der Waals surface area contributed by atoms with E-state index in [-0.39, 0.29) is 23.7 Å². The van der Waals surface area contributed by atoms with E-state index in [9.17, 15) is 9.59 Å². The molecular weight excluding hydrogens is 186 g/mol. The molecule has 5 heteroatoms. The third-order valence-corrected chi connectivity index (χ3v) is 2.71. The van der Waals surface area contributed by atoms with E-state index in [0.29, 0.717) is 6.61 Å². The highest BCUT2D eigenvalue weighted by molar-refractivity contribution is 5.81. The molecule has 3 N–H and O–H groups in total. The Hall–Kier alpha value is -1.10. The number of hydrogen-bond donors (Lipinski definition) is 2. The molecule has 1 rings (SSSR count). The second-order valence-electron chi connectivity index (χ2n) is 3.58. The van der Waals surface area contributed by atoms with Crippen molar-refractivity contribution in [2.24, 2.45) is 23.5 Å². The zero-order chi connectivity index (χ0) is 10.9. The van der Waals surface area contributed by atoms with Gasteiger partial charge in [-0.05, 0) is 12.8 Å². The number of aliphatic carboxylic acids is 1. The summed E-state index contributed by atoms with van der Waals surface area (Å²) in [6.07, 6.45) is 0. The predicted octanol–water partition coefficient (Wildman–Crippen LogP) is -0.156. The van der Waals surface area contributed by atoms with E-state index in [1.54, 1.807) is 6.92 Å². The summed E-state index contributed by atoms with van der Waals surface area (Å²) in [5.41, 5.74) is 5.43. The zero-order valence-electron chi connectivity index (χ0n) is 8.27. The summed E-state index contributed by atoms with van der Waals surface area (Å²) in [7, 11) is 0. The van der Waals surface area contributed by atoms with Gasteiger partial charge in [-0.1, -0.05) is 6.92 Å². The van der Waals surface area contributed by atoms with Gasteiger partial charge < -0.3 is 15.6 Å². The van der Waals surface area contributed by atoms with Crippen LogP contribution in [0, 0.1) is 17.8 Å². The second-order valence-corrected chi connectivity index (χ2v) is 3.58. The second kappa shape index (κ2) is 3.96. The van der Waals surface area contributed by atoms with Crippen LogP contribution in [0.1, 0.15) is 13.8 Å². The standard InChI is InChI=1S/C9H15NO4/c1-3-14-9(13)6-4(2)5(6)7(10)8(11)12/h4-7H,3,10H2,1-2H3,(H,11,12)/t4?,5?,6?,7-/m0/s1. The first-order valence-electron chi connectivity index (χ1n) is 4.65. The molecule has 1 fully saturated rings. The highest BCUT2D eigenvalue weighted by atomic mass is 16.5. The summed E-state index contributed by atoms with van der Waals surface area (Å²) >= 11 is 0. The van der Waals surface area contributed by atoms with Gasteiger partial charge in [0, 0.05) is 5.92 Å². The van der Waals surface area contributed by atoms with Gasteiger partial charge in [-0.3, -0.25) is 9.59 Å². The van der Waals surface area contributed by atoms with E-state index in [1.807, 2.05) is 6.92 Å². The lowest BCUT2D eigenvalue weighted by Crippen LogP contribution is -2.34. The molecule has 0 aromatic rings. The third-order valence-electron chi connectivity index (χ3n) is 2.71. The van der Waals surface area contributed by atoms with Crippen molar-refractivity contribution in [2.45, 2.75) is 19.9 Å². The molecule has 4 atom stereocenters. The van der Waals surface area contributed by atoms with Crippen molar-refractivity contribution in [1.29, 1.82) is 0 Å². The molecule has 0 aliphatic heterocycles. The minimum absolute atomic E-state index is 0.0140. The highest BCUT2D eigenvalue weighted by Crippen LogP contribution is 2.48. The Morgan fingerprint density at radius 3 is 2.57 bits per heavy atom. The molecule has 14 heavy (non-hydrogen) atoms. The molecule has 0 amide bonds. The molecule has 5 nitrogen and oxygen atoms in total. The Labute approximate surface area is 82.2 Å². The van der Waals surface area contributed by atoms with Crippen LogP contribution in [0.5, 0.6) is 0 Å². The number of esters is 1. The van der Waals surface area contributed by atoms with Gasteiger partial charge in [-0.15, -0.1) is 0 Å². The molecule has 1 aliphatic carbocycles. The number of rotatable bonds is 4. The minimum Gasteiger partial charge on any atom is -0.480 e. The summed E-state index contributed by atoms with van der Waals surface area (Å²) < 4.78 is 4.81. The van der Waals surface area contributed by atoms with E-state index >= 15 is 0 Å². The summed E-state index contributed by atoms with van der Waals surface area (Å²) in [4.78, 5) is 21.9. The van der Waals surface area contributed by atoms with Crippen molar-refractivity contribution in [3.63, 3.8) is 0 Å². The number of carbonyl (C=O) groups is 2. The SMILES string of the molecule is CCOC(=O)C1C(C)C1[C@H](N)C(=O)O. The van der Waals surface area contributed by atoms with Crippen LogP contribution in [0.15, 0.2) is 0 Å². The first-order valence-corrected chi connectivity index (χ1v) is 4.65. The average molecular weight is 201 g/mol. The van der Waals surface area contributed by atoms with Gasteiger partial charge in [0.2, 0.25) is 0 Å². The lowest BCUT2D eigenvalue weighted by atomic mass is 10.1. The number of nitrogens with two attached hydrogens (primary N) is 1. The molecule has 0 radical (unpaired) electrons. The number of ether oxygens (including phenoxy) is 1. The normalized spacial score (nSPS) is 32.1. The van der Waals surface area contributed by atoms with Crippen molar-refractivity contribution in [1.82, 2.24) is 0 Å². The number of hydrogen-bond acceptors (Lipinski definition) is 4. The van der Waals surface area contributed by atoms with Crippen molar-refractivity contribution in [2.75, 3.05) is 6.61 Å². The molecular formula is C9H15NO4. The molecule has 0 bridgehead atoms. The molecule has 3 unspecified atom stereocenters. The first-order chi connectivity index (χ1) is 6.50. The van der Waals surface area contributed by atoms with Crippen LogP contribution < -0.4 is 5.73 Å². The average Bonchev–Trinajstić information content (AvgIpc) is 2.76. The topological polar surface area (TPSA) is 89.6 Å². The highest BCUT2D eigenvalue weighted by Gasteiger charge is 2.57. The van der Waals surface area contributed by atoms with E-state index in [2.05, 4.69) is 0 Å². The Bertz CT molecular complexity index is 253. The van der Waals surface area contributed by atoms with Crippen LogP contribution in [0.4, 0.5) is 0 Å². The van der Waals surface area contributed by atoms with Crippen LogP contribution >= 0.6 is 0 Å².